The highest BCUT2D eigenvalue weighted by Gasteiger charge is 2.15. The number of nitrogens with zero attached hydrogens (tertiary/aromatic N) is 1. The van der Waals surface area contributed by atoms with Gasteiger partial charge in [-0.25, -0.2) is 0 Å². The standard InChI is InChI=1S/C12H24N2/c1-3-4-5-8-13-11-12-6-9-14(2)10-7-12/h3,12-13H,1,4-11H2,2H3. The molecule has 0 aromatic rings. The Labute approximate surface area is 88.4 Å². The summed E-state index contributed by atoms with van der Waals surface area (Å²) in [5, 5.41) is 3.54. The fraction of sp³-hybridized carbons (Fsp3) is 0.833. The first-order valence-corrected chi connectivity index (χ1v) is 5.83. The largest absolute Gasteiger partial charge is 0.316 e. The minimum absolute atomic E-state index is 0.912. The lowest BCUT2D eigenvalue weighted by Gasteiger charge is -2.29. The number of hydrogen-bond donors (Lipinski definition) is 1. The fourth-order valence-electron chi connectivity index (χ4n) is 1.94. The molecule has 1 fully saturated rings. The van der Waals surface area contributed by atoms with E-state index < -0.39 is 0 Å². The summed E-state index contributed by atoms with van der Waals surface area (Å²) in [6.07, 6.45) is 7.10. The van der Waals surface area contributed by atoms with Crippen molar-refractivity contribution in [2.45, 2.75) is 25.7 Å². The second kappa shape index (κ2) is 7.02. The van der Waals surface area contributed by atoms with Crippen LogP contribution in [-0.4, -0.2) is 38.1 Å². The zero-order valence-corrected chi connectivity index (χ0v) is 9.47. The maximum Gasteiger partial charge on any atom is -0.00187 e. The number of allylic oxidation sites excluding steroid dienone is 1. The zero-order chi connectivity index (χ0) is 10.2. The number of hydrogen-bond acceptors (Lipinski definition) is 2. The van der Waals surface area contributed by atoms with Crippen LogP contribution in [0.4, 0.5) is 0 Å². The van der Waals surface area contributed by atoms with Gasteiger partial charge in [-0.1, -0.05) is 6.08 Å². The SMILES string of the molecule is C=CCCCNCC1CCN(C)CC1. The molecular weight excluding hydrogens is 172 g/mol. The topological polar surface area (TPSA) is 15.3 Å². The second-order valence-electron chi connectivity index (χ2n) is 4.38. The van der Waals surface area contributed by atoms with Crippen LogP contribution in [-0.2, 0) is 0 Å². The number of unbranched alkanes of at least 4 members (excludes halogenated alkanes) is 1. The summed E-state index contributed by atoms with van der Waals surface area (Å²) >= 11 is 0. The third-order valence-electron chi connectivity index (χ3n) is 3.03. The van der Waals surface area contributed by atoms with Gasteiger partial charge in [0.05, 0.1) is 0 Å². The van der Waals surface area contributed by atoms with Crippen molar-refractivity contribution in [2.75, 3.05) is 33.2 Å². The van der Waals surface area contributed by atoms with Crippen LogP contribution < -0.4 is 5.32 Å². The summed E-state index contributed by atoms with van der Waals surface area (Å²) < 4.78 is 0. The molecule has 2 nitrogen and oxygen atoms in total. The van der Waals surface area contributed by atoms with E-state index in [2.05, 4.69) is 23.8 Å². The van der Waals surface area contributed by atoms with E-state index in [0.717, 1.165) is 18.9 Å². The molecule has 1 N–H and O–H groups in total. The highest BCUT2D eigenvalue weighted by atomic mass is 15.1. The minimum Gasteiger partial charge on any atom is -0.316 e. The average Bonchev–Trinajstić information content (AvgIpc) is 2.21. The van der Waals surface area contributed by atoms with E-state index >= 15 is 0 Å². The molecule has 82 valence electrons. The molecule has 0 aromatic heterocycles. The quantitative estimate of drug-likeness (QED) is 0.515. The molecule has 0 spiro atoms. The van der Waals surface area contributed by atoms with E-state index in [1.807, 2.05) is 6.08 Å². The van der Waals surface area contributed by atoms with E-state index in [9.17, 15) is 0 Å². The van der Waals surface area contributed by atoms with Crippen LogP contribution in [0.2, 0.25) is 0 Å². The maximum atomic E-state index is 3.72. The first-order valence-electron chi connectivity index (χ1n) is 5.83. The maximum absolute atomic E-state index is 3.72. The Morgan fingerprint density at radius 2 is 2.14 bits per heavy atom. The van der Waals surface area contributed by atoms with E-state index in [1.165, 1.54) is 38.9 Å². The van der Waals surface area contributed by atoms with Gasteiger partial charge in [0.25, 0.3) is 0 Å². The molecule has 0 aromatic carbocycles. The molecule has 0 amide bonds. The van der Waals surface area contributed by atoms with Gasteiger partial charge in [0.1, 0.15) is 0 Å². The van der Waals surface area contributed by atoms with Crippen molar-refractivity contribution in [1.82, 2.24) is 10.2 Å². The third-order valence-corrected chi connectivity index (χ3v) is 3.03. The number of likely N-dealkylation sites (tertiary alicyclic amines) is 1. The summed E-state index contributed by atoms with van der Waals surface area (Å²) in [5.74, 6) is 0.912. The summed E-state index contributed by atoms with van der Waals surface area (Å²) in [4.78, 5) is 2.42. The molecule has 1 saturated heterocycles. The first-order chi connectivity index (χ1) is 6.83. The Balaban J connectivity index is 1.93. The highest BCUT2D eigenvalue weighted by Crippen LogP contribution is 2.14. The van der Waals surface area contributed by atoms with Crippen molar-refractivity contribution >= 4 is 0 Å². The predicted octanol–water partition coefficient (Wildman–Crippen LogP) is 1.88. The van der Waals surface area contributed by atoms with Gasteiger partial charge in [0.15, 0.2) is 0 Å². The van der Waals surface area contributed by atoms with E-state index in [0.29, 0.717) is 0 Å². The van der Waals surface area contributed by atoms with Gasteiger partial charge in [-0.05, 0) is 64.8 Å². The lowest BCUT2D eigenvalue weighted by molar-refractivity contribution is 0.216. The van der Waals surface area contributed by atoms with Crippen LogP contribution >= 0.6 is 0 Å². The molecule has 1 aliphatic heterocycles. The van der Waals surface area contributed by atoms with Gasteiger partial charge in [-0.2, -0.15) is 0 Å². The van der Waals surface area contributed by atoms with Crippen LogP contribution in [0, 0.1) is 5.92 Å². The minimum atomic E-state index is 0.912. The Hall–Kier alpha value is -0.340. The summed E-state index contributed by atoms with van der Waals surface area (Å²) in [5.41, 5.74) is 0. The first kappa shape index (κ1) is 11.7. The molecule has 0 unspecified atom stereocenters. The van der Waals surface area contributed by atoms with Crippen molar-refractivity contribution in [3.8, 4) is 0 Å². The zero-order valence-electron chi connectivity index (χ0n) is 9.47. The van der Waals surface area contributed by atoms with Crippen LogP contribution in [0.1, 0.15) is 25.7 Å². The molecule has 1 heterocycles. The molecule has 14 heavy (non-hydrogen) atoms. The average molecular weight is 196 g/mol. The van der Waals surface area contributed by atoms with Crippen LogP contribution in [0.5, 0.6) is 0 Å². The molecule has 0 bridgehead atoms. The molecule has 0 saturated carbocycles. The van der Waals surface area contributed by atoms with Crippen LogP contribution in [0.3, 0.4) is 0 Å². The predicted molar refractivity (Wildman–Crippen MR) is 62.5 cm³/mol. The Morgan fingerprint density at radius 3 is 2.79 bits per heavy atom. The molecule has 0 aliphatic carbocycles. The van der Waals surface area contributed by atoms with Gasteiger partial charge < -0.3 is 10.2 Å². The Kier molecular flexibility index (Phi) is 5.88. The number of rotatable bonds is 6. The van der Waals surface area contributed by atoms with Crippen molar-refractivity contribution in [3.05, 3.63) is 12.7 Å². The molecule has 1 aliphatic rings. The second-order valence-corrected chi connectivity index (χ2v) is 4.38. The van der Waals surface area contributed by atoms with E-state index in [1.54, 1.807) is 0 Å². The van der Waals surface area contributed by atoms with Crippen molar-refractivity contribution < 1.29 is 0 Å². The van der Waals surface area contributed by atoms with E-state index in [-0.39, 0.29) is 0 Å². The molecular formula is C12H24N2. The fourth-order valence-corrected chi connectivity index (χ4v) is 1.94. The van der Waals surface area contributed by atoms with Crippen LogP contribution in [0.25, 0.3) is 0 Å². The third kappa shape index (κ3) is 4.77. The van der Waals surface area contributed by atoms with Gasteiger partial charge in [0, 0.05) is 0 Å². The molecule has 0 radical (unpaired) electrons. The normalized spacial score (nSPS) is 19.8. The lowest BCUT2D eigenvalue weighted by Crippen LogP contribution is -2.35. The summed E-state index contributed by atoms with van der Waals surface area (Å²) in [7, 11) is 2.22. The lowest BCUT2D eigenvalue weighted by atomic mass is 9.97. The Bertz CT molecular complexity index is 148. The van der Waals surface area contributed by atoms with Gasteiger partial charge in [-0.3, -0.25) is 0 Å². The van der Waals surface area contributed by atoms with Gasteiger partial charge in [-0.15, -0.1) is 6.58 Å². The molecule has 1 rings (SSSR count). The van der Waals surface area contributed by atoms with Crippen LogP contribution in [0.15, 0.2) is 12.7 Å². The van der Waals surface area contributed by atoms with Crippen molar-refractivity contribution in [3.63, 3.8) is 0 Å². The summed E-state index contributed by atoms with van der Waals surface area (Å²) in [6, 6.07) is 0. The van der Waals surface area contributed by atoms with Crippen molar-refractivity contribution in [1.29, 1.82) is 0 Å². The smallest absolute Gasteiger partial charge is 0.00187 e. The van der Waals surface area contributed by atoms with Gasteiger partial charge >= 0.3 is 0 Å². The molecule has 0 atom stereocenters. The monoisotopic (exact) mass is 196 g/mol. The number of nitrogens with one attached hydrogen (secondary N) is 1. The molecule has 2 heteroatoms. The summed E-state index contributed by atoms with van der Waals surface area (Å²) in [6.45, 7) is 8.64. The number of piperidine rings is 1. The van der Waals surface area contributed by atoms with Crippen molar-refractivity contribution in [2.24, 2.45) is 5.92 Å². The Morgan fingerprint density at radius 1 is 1.43 bits per heavy atom. The van der Waals surface area contributed by atoms with Gasteiger partial charge in [0.2, 0.25) is 0 Å². The van der Waals surface area contributed by atoms with E-state index in [4.69, 9.17) is 0 Å². The highest BCUT2D eigenvalue weighted by molar-refractivity contribution is 4.72.